The molecule has 0 radical (unpaired) electrons. The number of hydrogen-bond donors (Lipinski definition) is 1. The second-order valence-electron chi connectivity index (χ2n) is 5.97. The predicted octanol–water partition coefficient (Wildman–Crippen LogP) is 4.31. The number of hydrogen-bond acceptors (Lipinski definition) is 3. The predicted molar refractivity (Wildman–Crippen MR) is 89.3 cm³/mol. The molecular weight excluding hydrogens is 328 g/mol. The van der Waals surface area contributed by atoms with Crippen LogP contribution in [0.25, 0.3) is 0 Å². The summed E-state index contributed by atoms with van der Waals surface area (Å²) in [5.41, 5.74) is 2.15. The molecule has 0 unspecified atom stereocenters. The molecule has 2 aromatic rings. The van der Waals surface area contributed by atoms with E-state index in [-0.39, 0.29) is 5.54 Å². The molecule has 0 aliphatic heterocycles. The van der Waals surface area contributed by atoms with Crippen LogP contribution in [0.3, 0.4) is 0 Å². The molecule has 1 aromatic carbocycles. The van der Waals surface area contributed by atoms with Crippen LogP contribution < -0.4 is 10.1 Å². The standard InChI is InChI=1S/C17H21BrN2O/c1-17(2,3)20-10-13-6-4-5-7-16(13)21-12-15-9-8-14(18)11-19-15/h4-9,11,20H,10,12H2,1-3H3. The number of nitrogens with one attached hydrogen (secondary N) is 1. The Kier molecular flexibility index (Phi) is 5.37. The fraction of sp³-hybridized carbons (Fsp3) is 0.353. The zero-order chi connectivity index (χ0) is 15.3. The van der Waals surface area contributed by atoms with E-state index in [1.54, 1.807) is 6.20 Å². The Morgan fingerprint density at radius 3 is 2.57 bits per heavy atom. The first kappa shape index (κ1) is 16.0. The first-order valence-corrected chi connectivity index (χ1v) is 7.79. The summed E-state index contributed by atoms with van der Waals surface area (Å²) in [5.74, 6) is 0.902. The van der Waals surface area contributed by atoms with Crippen molar-refractivity contribution in [2.45, 2.75) is 39.5 Å². The lowest BCUT2D eigenvalue weighted by Crippen LogP contribution is -2.35. The highest BCUT2D eigenvalue weighted by Crippen LogP contribution is 2.20. The maximum Gasteiger partial charge on any atom is 0.130 e. The number of nitrogens with zero attached hydrogens (tertiary/aromatic N) is 1. The Bertz CT molecular complexity index is 576. The third-order valence-electron chi connectivity index (χ3n) is 2.95. The molecule has 0 bridgehead atoms. The Hall–Kier alpha value is -1.39. The Labute approximate surface area is 134 Å². The molecule has 0 atom stereocenters. The summed E-state index contributed by atoms with van der Waals surface area (Å²) in [6.07, 6.45) is 1.78. The van der Waals surface area contributed by atoms with E-state index in [0.29, 0.717) is 6.61 Å². The lowest BCUT2D eigenvalue weighted by Gasteiger charge is -2.21. The molecule has 1 heterocycles. The molecule has 0 saturated heterocycles. The van der Waals surface area contributed by atoms with Gasteiger partial charge in [-0.15, -0.1) is 0 Å². The smallest absolute Gasteiger partial charge is 0.130 e. The fourth-order valence-electron chi connectivity index (χ4n) is 1.79. The second-order valence-corrected chi connectivity index (χ2v) is 6.88. The average Bonchev–Trinajstić information content (AvgIpc) is 2.44. The number of para-hydroxylation sites is 1. The van der Waals surface area contributed by atoms with Crippen LogP contribution >= 0.6 is 15.9 Å². The summed E-state index contributed by atoms with van der Waals surface area (Å²) in [4.78, 5) is 4.32. The minimum Gasteiger partial charge on any atom is -0.487 e. The van der Waals surface area contributed by atoms with Gasteiger partial charge in [0.05, 0.1) is 5.69 Å². The van der Waals surface area contributed by atoms with E-state index in [0.717, 1.165) is 28.0 Å². The van der Waals surface area contributed by atoms with E-state index in [1.165, 1.54) is 0 Å². The van der Waals surface area contributed by atoms with Gasteiger partial charge in [0.1, 0.15) is 12.4 Å². The van der Waals surface area contributed by atoms with Gasteiger partial charge in [0.2, 0.25) is 0 Å². The van der Waals surface area contributed by atoms with Gasteiger partial charge >= 0.3 is 0 Å². The zero-order valence-corrected chi connectivity index (χ0v) is 14.3. The molecule has 21 heavy (non-hydrogen) atoms. The molecule has 1 aromatic heterocycles. The van der Waals surface area contributed by atoms with Gasteiger partial charge in [-0.25, -0.2) is 0 Å². The highest BCUT2D eigenvalue weighted by molar-refractivity contribution is 9.10. The minimum absolute atomic E-state index is 0.0837. The van der Waals surface area contributed by atoms with Crippen molar-refractivity contribution in [3.63, 3.8) is 0 Å². The summed E-state index contributed by atoms with van der Waals surface area (Å²) in [5, 5.41) is 3.48. The SMILES string of the molecule is CC(C)(C)NCc1ccccc1OCc1ccc(Br)cn1. The van der Waals surface area contributed by atoms with Crippen molar-refractivity contribution in [1.29, 1.82) is 0 Å². The Balaban J connectivity index is 2.01. The first-order chi connectivity index (χ1) is 9.94. The van der Waals surface area contributed by atoms with Crippen LogP contribution in [-0.4, -0.2) is 10.5 Å². The van der Waals surface area contributed by atoms with Crippen molar-refractivity contribution in [2.75, 3.05) is 0 Å². The van der Waals surface area contributed by atoms with Gasteiger partial charge in [-0.05, 0) is 54.9 Å². The van der Waals surface area contributed by atoms with E-state index in [9.17, 15) is 0 Å². The number of benzene rings is 1. The monoisotopic (exact) mass is 348 g/mol. The number of pyridine rings is 1. The summed E-state index contributed by atoms with van der Waals surface area (Å²) >= 11 is 3.38. The quantitative estimate of drug-likeness (QED) is 0.873. The molecule has 2 rings (SSSR count). The summed E-state index contributed by atoms with van der Waals surface area (Å²) in [7, 11) is 0. The van der Waals surface area contributed by atoms with Crippen molar-refractivity contribution in [2.24, 2.45) is 0 Å². The second kappa shape index (κ2) is 7.05. The molecule has 3 nitrogen and oxygen atoms in total. The number of ether oxygens (including phenoxy) is 1. The van der Waals surface area contributed by atoms with Crippen molar-refractivity contribution in [3.8, 4) is 5.75 Å². The lowest BCUT2D eigenvalue weighted by molar-refractivity contribution is 0.295. The van der Waals surface area contributed by atoms with E-state index < -0.39 is 0 Å². The normalized spacial score (nSPS) is 11.4. The van der Waals surface area contributed by atoms with Crippen LogP contribution in [0.2, 0.25) is 0 Å². The topological polar surface area (TPSA) is 34.1 Å². The molecule has 1 N–H and O–H groups in total. The van der Waals surface area contributed by atoms with Gasteiger partial charge in [-0.3, -0.25) is 4.98 Å². The number of halogens is 1. The van der Waals surface area contributed by atoms with Crippen LogP contribution in [0.4, 0.5) is 0 Å². The zero-order valence-electron chi connectivity index (χ0n) is 12.7. The van der Waals surface area contributed by atoms with E-state index in [4.69, 9.17) is 4.74 Å². The summed E-state index contributed by atoms with van der Waals surface area (Å²) < 4.78 is 6.88. The van der Waals surface area contributed by atoms with Crippen LogP contribution in [0.15, 0.2) is 47.1 Å². The summed E-state index contributed by atoms with van der Waals surface area (Å²) in [6, 6.07) is 12.0. The molecule has 0 aliphatic carbocycles. The molecule has 0 spiro atoms. The maximum absolute atomic E-state index is 5.91. The van der Waals surface area contributed by atoms with Crippen LogP contribution in [0, 0.1) is 0 Å². The maximum atomic E-state index is 5.91. The van der Waals surface area contributed by atoms with Crippen molar-refractivity contribution in [3.05, 3.63) is 58.3 Å². The number of aromatic nitrogens is 1. The van der Waals surface area contributed by atoms with Crippen LogP contribution in [-0.2, 0) is 13.2 Å². The molecule has 0 aliphatic rings. The van der Waals surface area contributed by atoms with E-state index in [1.807, 2.05) is 30.3 Å². The van der Waals surface area contributed by atoms with Crippen LogP contribution in [0.1, 0.15) is 32.0 Å². The molecular formula is C17H21BrN2O. The minimum atomic E-state index is 0.0837. The highest BCUT2D eigenvalue weighted by Gasteiger charge is 2.10. The van der Waals surface area contributed by atoms with Gasteiger partial charge in [0.15, 0.2) is 0 Å². The molecule has 0 saturated carbocycles. The third kappa shape index (κ3) is 5.48. The van der Waals surface area contributed by atoms with Gasteiger partial charge in [0, 0.05) is 28.3 Å². The number of rotatable bonds is 5. The van der Waals surface area contributed by atoms with Crippen molar-refractivity contribution >= 4 is 15.9 Å². The van der Waals surface area contributed by atoms with Gasteiger partial charge in [-0.2, -0.15) is 0 Å². The molecule has 4 heteroatoms. The van der Waals surface area contributed by atoms with Crippen molar-refractivity contribution in [1.82, 2.24) is 10.3 Å². The van der Waals surface area contributed by atoms with Gasteiger partial charge in [-0.1, -0.05) is 18.2 Å². The average molecular weight is 349 g/mol. The largest absolute Gasteiger partial charge is 0.487 e. The van der Waals surface area contributed by atoms with Gasteiger partial charge < -0.3 is 10.1 Å². The molecule has 112 valence electrons. The first-order valence-electron chi connectivity index (χ1n) is 7.00. The lowest BCUT2D eigenvalue weighted by atomic mass is 10.1. The van der Waals surface area contributed by atoms with Crippen molar-refractivity contribution < 1.29 is 4.74 Å². The Morgan fingerprint density at radius 1 is 1.14 bits per heavy atom. The molecule has 0 fully saturated rings. The van der Waals surface area contributed by atoms with Crippen LogP contribution in [0.5, 0.6) is 5.75 Å². The Morgan fingerprint density at radius 2 is 1.90 bits per heavy atom. The third-order valence-corrected chi connectivity index (χ3v) is 3.42. The van der Waals surface area contributed by atoms with E-state index in [2.05, 4.69) is 53.1 Å². The fourth-order valence-corrected chi connectivity index (χ4v) is 2.03. The van der Waals surface area contributed by atoms with Gasteiger partial charge in [0.25, 0.3) is 0 Å². The highest BCUT2D eigenvalue weighted by atomic mass is 79.9. The molecule has 0 amide bonds. The van der Waals surface area contributed by atoms with E-state index >= 15 is 0 Å². The summed E-state index contributed by atoms with van der Waals surface area (Å²) in [6.45, 7) is 7.72.